The first-order chi connectivity index (χ1) is 8.65. The van der Waals surface area contributed by atoms with Crippen LogP contribution >= 0.6 is 11.5 Å². The Morgan fingerprint density at radius 2 is 2.00 bits per heavy atom. The number of benzene rings is 1. The highest BCUT2D eigenvalue weighted by molar-refractivity contribution is 7.06. The van der Waals surface area contributed by atoms with Crippen molar-refractivity contribution < 1.29 is 4.74 Å². The highest BCUT2D eigenvalue weighted by atomic mass is 32.1. The van der Waals surface area contributed by atoms with Gasteiger partial charge >= 0.3 is 0 Å². The first-order valence-corrected chi connectivity index (χ1v) is 6.83. The van der Waals surface area contributed by atoms with Gasteiger partial charge in [-0.25, -0.2) is 0 Å². The standard InChI is InChI=1S/C14H18N2OS/c1-4-17-14-6-9(2)12(5-10(14)3)13-7-11(8-15)18-16-13/h5-7H,4,8,15H2,1-3H3. The second kappa shape index (κ2) is 5.50. The van der Waals surface area contributed by atoms with E-state index in [9.17, 15) is 0 Å². The van der Waals surface area contributed by atoms with Gasteiger partial charge in [0.05, 0.1) is 12.3 Å². The van der Waals surface area contributed by atoms with E-state index in [0.29, 0.717) is 13.2 Å². The van der Waals surface area contributed by atoms with E-state index in [1.54, 1.807) is 0 Å². The normalized spacial score (nSPS) is 10.7. The SMILES string of the molecule is CCOc1cc(C)c(-c2cc(CN)sn2)cc1C. The lowest BCUT2D eigenvalue weighted by Crippen LogP contribution is -1.96. The van der Waals surface area contributed by atoms with E-state index in [2.05, 4.69) is 36.4 Å². The van der Waals surface area contributed by atoms with Gasteiger partial charge in [0.1, 0.15) is 5.75 Å². The van der Waals surface area contributed by atoms with Crippen LogP contribution in [0.5, 0.6) is 5.75 Å². The minimum atomic E-state index is 0.548. The lowest BCUT2D eigenvalue weighted by atomic mass is 10.0. The first kappa shape index (κ1) is 13.1. The molecule has 0 atom stereocenters. The van der Waals surface area contributed by atoms with Crippen molar-refractivity contribution in [1.29, 1.82) is 0 Å². The number of aryl methyl sites for hydroxylation is 2. The van der Waals surface area contributed by atoms with Crippen LogP contribution in [0.1, 0.15) is 22.9 Å². The molecule has 2 N–H and O–H groups in total. The van der Waals surface area contributed by atoms with Crippen LogP contribution in [0.2, 0.25) is 0 Å². The molecule has 0 radical (unpaired) electrons. The van der Waals surface area contributed by atoms with Crippen LogP contribution in [0.25, 0.3) is 11.3 Å². The smallest absolute Gasteiger partial charge is 0.122 e. The van der Waals surface area contributed by atoms with Gasteiger partial charge < -0.3 is 10.5 Å². The van der Waals surface area contributed by atoms with Crippen LogP contribution in [0, 0.1) is 13.8 Å². The van der Waals surface area contributed by atoms with Crippen LogP contribution < -0.4 is 10.5 Å². The molecule has 0 saturated carbocycles. The lowest BCUT2D eigenvalue weighted by molar-refractivity contribution is 0.337. The number of ether oxygens (including phenoxy) is 1. The number of hydrogen-bond donors (Lipinski definition) is 1. The highest BCUT2D eigenvalue weighted by Gasteiger charge is 2.10. The van der Waals surface area contributed by atoms with E-state index in [1.165, 1.54) is 17.1 Å². The molecule has 0 bridgehead atoms. The van der Waals surface area contributed by atoms with Gasteiger partial charge in [-0.1, -0.05) is 0 Å². The molecule has 1 heterocycles. The van der Waals surface area contributed by atoms with Gasteiger partial charge in [-0.05, 0) is 61.6 Å². The Morgan fingerprint density at radius 1 is 1.22 bits per heavy atom. The molecular weight excluding hydrogens is 244 g/mol. The van der Waals surface area contributed by atoms with E-state index in [4.69, 9.17) is 10.5 Å². The van der Waals surface area contributed by atoms with Gasteiger partial charge in [0.2, 0.25) is 0 Å². The van der Waals surface area contributed by atoms with Crippen molar-refractivity contribution in [2.24, 2.45) is 5.73 Å². The molecule has 0 fully saturated rings. The summed E-state index contributed by atoms with van der Waals surface area (Å²) in [5, 5.41) is 0. The molecule has 1 aromatic heterocycles. The van der Waals surface area contributed by atoms with E-state index < -0.39 is 0 Å². The van der Waals surface area contributed by atoms with Crippen molar-refractivity contribution in [2.75, 3.05) is 6.61 Å². The molecule has 0 aliphatic rings. The van der Waals surface area contributed by atoms with Crippen molar-refractivity contribution in [3.8, 4) is 17.0 Å². The zero-order valence-electron chi connectivity index (χ0n) is 11.0. The van der Waals surface area contributed by atoms with Crippen LogP contribution in [0.3, 0.4) is 0 Å². The Kier molecular flexibility index (Phi) is 3.99. The van der Waals surface area contributed by atoms with Crippen molar-refractivity contribution in [3.63, 3.8) is 0 Å². The lowest BCUT2D eigenvalue weighted by Gasteiger charge is -2.11. The fourth-order valence-corrected chi connectivity index (χ4v) is 2.52. The molecule has 4 heteroatoms. The molecule has 0 spiro atoms. The molecule has 1 aromatic carbocycles. The van der Waals surface area contributed by atoms with Crippen molar-refractivity contribution >= 4 is 11.5 Å². The molecule has 18 heavy (non-hydrogen) atoms. The van der Waals surface area contributed by atoms with Crippen molar-refractivity contribution in [2.45, 2.75) is 27.3 Å². The van der Waals surface area contributed by atoms with Crippen LogP contribution in [0.4, 0.5) is 0 Å². The third-order valence-electron chi connectivity index (χ3n) is 2.86. The predicted octanol–water partition coefficient (Wildman–Crippen LogP) is 3.28. The summed E-state index contributed by atoms with van der Waals surface area (Å²) in [4.78, 5) is 1.11. The molecule has 0 amide bonds. The maximum Gasteiger partial charge on any atom is 0.122 e. The third-order valence-corrected chi connectivity index (χ3v) is 3.66. The Balaban J connectivity index is 2.42. The monoisotopic (exact) mass is 262 g/mol. The Bertz CT molecular complexity index is 549. The summed E-state index contributed by atoms with van der Waals surface area (Å²) in [6.07, 6.45) is 0. The second-order valence-corrected chi connectivity index (χ2v) is 5.14. The Morgan fingerprint density at radius 3 is 2.61 bits per heavy atom. The van der Waals surface area contributed by atoms with Gasteiger partial charge in [0, 0.05) is 17.0 Å². The summed E-state index contributed by atoms with van der Waals surface area (Å²) >= 11 is 1.47. The summed E-state index contributed by atoms with van der Waals surface area (Å²) < 4.78 is 10.1. The second-order valence-electron chi connectivity index (χ2n) is 4.25. The predicted molar refractivity (Wildman–Crippen MR) is 76.1 cm³/mol. The third kappa shape index (κ3) is 2.54. The van der Waals surface area contributed by atoms with Crippen LogP contribution in [0.15, 0.2) is 18.2 Å². The van der Waals surface area contributed by atoms with E-state index in [1.807, 2.05) is 6.92 Å². The summed E-state index contributed by atoms with van der Waals surface area (Å²) in [7, 11) is 0. The summed E-state index contributed by atoms with van der Waals surface area (Å²) in [5.74, 6) is 0.952. The number of nitrogens with zero attached hydrogens (tertiary/aromatic N) is 1. The maximum absolute atomic E-state index is 5.62. The van der Waals surface area contributed by atoms with Crippen molar-refractivity contribution in [3.05, 3.63) is 34.2 Å². The molecule has 0 saturated heterocycles. The van der Waals surface area contributed by atoms with E-state index in [-0.39, 0.29) is 0 Å². The number of rotatable bonds is 4. The molecule has 0 aliphatic heterocycles. The number of nitrogens with two attached hydrogens (primary N) is 1. The highest BCUT2D eigenvalue weighted by Crippen LogP contribution is 2.30. The van der Waals surface area contributed by atoms with Gasteiger partial charge in [-0.3, -0.25) is 0 Å². The van der Waals surface area contributed by atoms with Gasteiger partial charge in [-0.2, -0.15) is 4.37 Å². The summed E-state index contributed by atoms with van der Waals surface area (Å²) in [6.45, 7) is 7.37. The zero-order chi connectivity index (χ0) is 13.1. The fourth-order valence-electron chi connectivity index (χ4n) is 1.91. The quantitative estimate of drug-likeness (QED) is 0.919. The average molecular weight is 262 g/mol. The van der Waals surface area contributed by atoms with Gasteiger partial charge in [0.15, 0.2) is 0 Å². The zero-order valence-corrected chi connectivity index (χ0v) is 11.8. The fraction of sp³-hybridized carbons (Fsp3) is 0.357. The largest absolute Gasteiger partial charge is 0.494 e. The number of aromatic nitrogens is 1. The van der Waals surface area contributed by atoms with Gasteiger partial charge in [0.25, 0.3) is 0 Å². The van der Waals surface area contributed by atoms with E-state index in [0.717, 1.165) is 27.4 Å². The molecule has 2 rings (SSSR count). The molecule has 0 aliphatic carbocycles. The summed E-state index contributed by atoms with van der Waals surface area (Å²) in [6, 6.07) is 6.28. The average Bonchev–Trinajstić information content (AvgIpc) is 2.82. The molecule has 0 unspecified atom stereocenters. The Labute approximate surface area is 112 Å². The molecule has 2 aromatic rings. The Hall–Kier alpha value is -1.39. The van der Waals surface area contributed by atoms with E-state index >= 15 is 0 Å². The molecule has 96 valence electrons. The molecule has 3 nitrogen and oxygen atoms in total. The minimum Gasteiger partial charge on any atom is -0.494 e. The van der Waals surface area contributed by atoms with Crippen molar-refractivity contribution in [1.82, 2.24) is 4.37 Å². The first-order valence-electron chi connectivity index (χ1n) is 6.05. The minimum absolute atomic E-state index is 0.548. The molecular formula is C14H18N2OS. The summed E-state index contributed by atoms with van der Waals surface area (Å²) in [5.41, 5.74) is 10.1. The van der Waals surface area contributed by atoms with Crippen LogP contribution in [-0.4, -0.2) is 11.0 Å². The topological polar surface area (TPSA) is 48.1 Å². The number of hydrogen-bond acceptors (Lipinski definition) is 4. The van der Waals surface area contributed by atoms with Gasteiger partial charge in [-0.15, -0.1) is 0 Å². The maximum atomic E-state index is 5.62. The van der Waals surface area contributed by atoms with Crippen LogP contribution in [-0.2, 0) is 6.54 Å².